The molecule has 0 bridgehead atoms. The van der Waals surface area contributed by atoms with Gasteiger partial charge in [0.15, 0.2) is 5.58 Å². The minimum absolute atomic E-state index is 0.395. The molecule has 2 aromatic carbocycles. The summed E-state index contributed by atoms with van der Waals surface area (Å²) in [5.74, 6) is -0.395. The van der Waals surface area contributed by atoms with Crippen molar-refractivity contribution in [2.24, 2.45) is 0 Å². The van der Waals surface area contributed by atoms with E-state index in [0.717, 1.165) is 61.8 Å². The number of thiophene rings is 1. The monoisotopic (exact) mass is 427 g/mol. The molecule has 1 aliphatic heterocycles. The lowest BCUT2D eigenvalue weighted by molar-refractivity contribution is 0.255. The first-order valence-corrected chi connectivity index (χ1v) is 11.2. The van der Waals surface area contributed by atoms with Gasteiger partial charge in [-0.3, -0.25) is 9.88 Å². The molecule has 1 N–H and O–H groups in total. The third kappa shape index (κ3) is 3.80. The van der Waals surface area contributed by atoms with E-state index in [0.29, 0.717) is 5.58 Å². The number of nitrogens with zero attached hydrogens (tertiary/aromatic N) is 2. The molecule has 3 heterocycles. The molecule has 1 fully saturated rings. The summed E-state index contributed by atoms with van der Waals surface area (Å²) in [5.41, 5.74) is 3.83. The summed E-state index contributed by atoms with van der Waals surface area (Å²) in [6.45, 7) is 4.99. The van der Waals surface area contributed by atoms with Crippen LogP contribution in [-0.4, -0.2) is 42.6 Å². The zero-order valence-electron chi connectivity index (χ0n) is 16.0. The molecule has 1 saturated heterocycles. The predicted molar refractivity (Wildman–Crippen MR) is 121 cm³/mol. The fourth-order valence-electron chi connectivity index (χ4n) is 4.16. The molecule has 2 aromatic heterocycles. The zero-order valence-corrected chi connectivity index (χ0v) is 17.6. The summed E-state index contributed by atoms with van der Waals surface area (Å²) < 4.78 is 6.66. The smallest absolute Gasteiger partial charge is 0.406 e. The number of aryl methyl sites for hydroxylation is 1. The summed E-state index contributed by atoms with van der Waals surface area (Å²) in [6.07, 6.45) is 2.22. The van der Waals surface area contributed by atoms with Gasteiger partial charge in [-0.1, -0.05) is 17.7 Å². The number of benzene rings is 2. The van der Waals surface area contributed by atoms with Gasteiger partial charge in [-0.25, -0.2) is 4.79 Å². The Kier molecular flexibility index (Phi) is 5.08. The average molecular weight is 428 g/mol. The van der Waals surface area contributed by atoms with Gasteiger partial charge >= 0.3 is 5.76 Å². The molecule has 5 nitrogen and oxygen atoms in total. The number of hydrogen-bond donors (Lipinski definition) is 1. The van der Waals surface area contributed by atoms with E-state index in [2.05, 4.69) is 32.3 Å². The van der Waals surface area contributed by atoms with Crippen LogP contribution in [0, 0.1) is 0 Å². The van der Waals surface area contributed by atoms with Gasteiger partial charge in [0.05, 0.1) is 11.2 Å². The number of H-pyrrole nitrogens is 1. The summed E-state index contributed by atoms with van der Waals surface area (Å²) in [4.78, 5) is 19.1. The Labute approximate surface area is 177 Å². The second kappa shape index (κ2) is 7.86. The van der Waals surface area contributed by atoms with Crippen molar-refractivity contribution in [2.75, 3.05) is 37.6 Å². The molecule has 0 saturated carbocycles. The Hall–Kier alpha value is -2.28. The fraction of sp³-hybridized carbons (Fsp3) is 0.318. The minimum Gasteiger partial charge on any atom is -0.406 e. The van der Waals surface area contributed by atoms with E-state index in [1.165, 1.54) is 15.6 Å². The topological polar surface area (TPSA) is 52.5 Å². The maximum Gasteiger partial charge on any atom is 0.417 e. The number of piperazine rings is 1. The predicted octanol–water partition coefficient (Wildman–Crippen LogP) is 4.74. The van der Waals surface area contributed by atoms with Crippen molar-refractivity contribution in [3.63, 3.8) is 0 Å². The number of aromatic nitrogens is 1. The van der Waals surface area contributed by atoms with Crippen molar-refractivity contribution in [3.8, 4) is 0 Å². The zero-order chi connectivity index (χ0) is 19.8. The molecule has 5 rings (SSSR count). The SMILES string of the molecule is O=c1[nH]c2cccc(N3CCN(CCCc4csc5ccc(Cl)cc45)CC3)c2o1. The second-order valence-corrected chi connectivity index (χ2v) is 8.85. The van der Waals surface area contributed by atoms with Crippen LogP contribution in [0.4, 0.5) is 5.69 Å². The molecular weight excluding hydrogens is 406 g/mol. The molecule has 0 amide bonds. The molecule has 1 aliphatic rings. The Bertz CT molecular complexity index is 1200. The number of aromatic amines is 1. The molecule has 0 spiro atoms. The molecular formula is C22H22ClN3O2S. The van der Waals surface area contributed by atoms with Gasteiger partial charge in [0, 0.05) is 35.9 Å². The van der Waals surface area contributed by atoms with Gasteiger partial charge in [0.25, 0.3) is 0 Å². The number of oxazole rings is 1. The summed E-state index contributed by atoms with van der Waals surface area (Å²) in [5, 5.41) is 4.37. The molecule has 150 valence electrons. The molecule has 0 unspecified atom stereocenters. The van der Waals surface area contributed by atoms with Crippen molar-refractivity contribution in [3.05, 3.63) is 62.9 Å². The van der Waals surface area contributed by atoms with E-state index in [9.17, 15) is 4.79 Å². The number of para-hydroxylation sites is 1. The maximum atomic E-state index is 11.5. The van der Waals surface area contributed by atoms with Crippen molar-refractivity contribution in [2.45, 2.75) is 12.8 Å². The van der Waals surface area contributed by atoms with E-state index in [1.807, 2.05) is 24.3 Å². The molecule has 29 heavy (non-hydrogen) atoms. The van der Waals surface area contributed by atoms with Crippen LogP contribution in [0.3, 0.4) is 0 Å². The van der Waals surface area contributed by atoms with Crippen LogP contribution in [0.25, 0.3) is 21.2 Å². The molecule has 4 aromatic rings. The summed E-state index contributed by atoms with van der Waals surface area (Å²) in [6, 6.07) is 12.0. The number of fused-ring (bicyclic) bond motifs is 2. The van der Waals surface area contributed by atoms with E-state index in [-0.39, 0.29) is 0 Å². The van der Waals surface area contributed by atoms with Gasteiger partial charge in [-0.15, -0.1) is 11.3 Å². The van der Waals surface area contributed by atoms with Gasteiger partial charge in [0.2, 0.25) is 0 Å². The Morgan fingerprint density at radius 3 is 2.86 bits per heavy atom. The van der Waals surface area contributed by atoms with Crippen LogP contribution in [0.2, 0.25) is 5.02 Å². The van der Waals surface area contributed by atoms with E-state index in [4.69, 9.17) is 16.0 Å². The fourth-order valence-corrected chi connectivity index (χ4v) is 5.31. The maximum absolute atomic E-state index is 11.5. The van der Waals surface area contributed by atoms with Gasteiger partial charge in [0.1, 0.15) is 0 Å². The highest BCUT2D eigenvalue weighted by atomic mass is 35.5. The molecule has 0 aliphatic carbocycles. The number of halogens is 1. The normalized spacial score (nSPS) is 15.6. The number of anilines is 1. The van der Waals surface area contributed by atoms with Crippen LogP contribution < -0.4 is 10.7 Å². The third-order valence-electron chi connectivity index (χ3n) is 5.67. The Balaban J connectivity index is 1.18. The van der Waals surface area contributed by atoms with Crippen LogP contribution >= 0.6 is 22.9 Å². The van der Waals surface area contributed by atoms with Gasteiger partial charge in [-0.2, -0.15) is 0 Å². The van der Waals surface area contributed by atoms with Crippen LogP contribution in [0.1, 0.15) is 12.0 Å². The highest BCUT2D eigenvalue weighted by Gasteiger charge is 2.20. The second-order valence-electron chi connectivity index (χ2n) is 7.50. The summed E-state index contributed by atoms with van der Waals surface area (Å²) in [7, 11) is 0. The Morgan fingerprint density at radius 1 is 1.14 bits per heavy atom. The first-order valence-electron chi connectivity index (χ1n) is 9.92. The number of hydrogen-bond acceptors (Lipinski definition) is 5. The quantitative estimate of drug-likeness (QED) is 0.499. The van der Waals surface area contributed by atoms with Gasteiger partial charge < -0.3 is 9.32 Å². The van der Waals surface area contributed by atoms with Crippen LogP contribution in [0.5, 0.6) is 0 Å². The standard InChI is InChI=1S/C22H22ClN3O2S/c23-16-6-7-20-17(13-16)15(14-29-20)3-2-8-25-9-11-26(12-10-25)19-5-1-4-18-21(19)28-22(27)24-18/h1,4-7,13-14H,2-3,8-12H2,(H,24,27). The van der Waals surface area contributed by atoms with E-state index in [1.54, 1.807) is 11.3 Å². The molecule has 0 atom stereocenters. The van der Waals surface area contributed by atoms with Crippen LogP contribution in [-0.2, 0) is 6.42 Å². The molecule has 7 heteroatoms. The van der Waals surface area contributed by atoms with E-state index < -0.39 is 5.76 Å². The van der Waals surface area contributed by atoms with Crippen molar-refractivity contribution in [1.82, 2.24) is 9.88 Å². The van der Waals surface area contributed by atoms with Crippen molar-refractivity contribution in [1.29, 1.82) is 0 Å². The largest absolute Gasteiger partial charge is 0.417 e. The van der Waals surface area contributed by atoms with Crippen molar-refractivity contribution < 1.29 is 4.42 Å². The first-order chi connectivity index (χ1) is 14.2. The van der Waals surface area contributed by atoms with E-state index >= 15 is 0 Å². The van der Waals surface area contributed by atoms with Crippen LogP contribution in [0.15, 0.2) is 51.0 Å². The minimum atomic E-state index is -0.395. The Morgan fingerprint density at radius 2 is 2.00 bits per heavy atom. The highest BCUT2D eigenvalue weighted by Crippen LogP contribution is 2.30. The average Bonchev–Trinajstić information content (AvgIpc) is 3.30. The lowest BCUT2D eigenvalue weighted by atomic mass is 10.1. The van der Waals surface area contributed by atoms with Gasteiger partial charge in [-0.05, 0) is 66.0 Å². The third-order valence-corrected chi connectivity index (χ3v) is 6.92. The first kappa shape index (κ1) is 18.7. The lowest BCUT2D eigenvalue weighted by Gasteiger charge is -2.36. The number of nitrogens with one attached hydrogen (secondary N) is 1. The molecule has 0 radical (unpaired) electrons. The lowest BCUT2D eigenvalue weighted by Crippen LogP contribution is -2.46. The summed E-state index contributed by atoms with van der Waals surface area (Å²) >= 11 is 7.97. The van der Waals surface area contributed by atoms with Crippen molar-refractivity contribution >= 4 is 49.8 Å². The highest BCUT2D eigenvalue weighted by molar-refractivity contribution is 7.17. The number of rotatable bonds is 5.